The number of benzene rings is 2. The van der Waals surface area contributed by atoms with E-state index in [9.17, 15) is 18.0 Å². The van der Waals surface area contributed by atoms with Gasteiger partial charge in [-0.1, -0.05) is 37.5 Å². The standard InChI is InChI=1S/C26H30N4O4S/c31-25(19-12-14-21(15-13-19)35(33,34)29-16-6-1-7-17-29)27-18-24-22-10-4-5-11-23(22)26(32)30(28-24)20-8-2-3-9-20/h4-5,10-15,20H,1-3,6-9,16-18H2,(H,27,31). The summed E-state index contributed by atoms with van der Waals surface area (Å²) in [7, 11) is -3.54. The predicted octanol–water partition coefficient (Wildman–Crippen LogP) is 3.62. The van der Waals surface area contributed by atoms with Gasteiger partial charge in [-0.05, 0) is 56.0 Å². The van der Waals surface area contributed by atoms with Gasteiger partial charge in [-0.2, -0.15) is 9.40 Å². The molecule has 2 heterocycles. The SMILES string of the molecule is O=C(NCc1nn(C2CCCC2)c(=O)c2ccccc12)c1ccc(S(=O)(=O)N2CCCCC2)cc1. The zero-order chi connectivity index (χ0) is 24.4. The molecule has 1 aromatic heterocycles. The Balaban J connectivity index is 1.34. The molecule has 3 aromatic rings. The first-order valence-corrected chi connectivity index (χ1v) is 13.8. The van der Waals surface area contributed by atoms with E-state index in [-0.39, 0.29) is 28.9 Å². The third-order valence-electron chi connectivity index (χ3n) is 7.06. The maximum absolute atomic E-state index is 13.0. The van der Waals surface area contributed by atoms with E-state index in [2.05, 4.69) is 10.4 Å². The molecule has 8 nitrogen and oxygen atoms in total. The van der Waals surface area contributed by atoms with Gasteiger partial charge in [-0.25, -0.2) is 13.1 Å². The lowest BCUT2D eigenvalue weighted by Crippen LogP contribution is -2.35. The van der Waals surface area contributed by atoms with Crippen molar-refractivity contribution in [3.63, 3.8) is 0 Å². The van der Waals surface area contributed by atoms with Crippen LogP contribution in [0, 0.1) is 0 Å². The molecule has 1 aliphatic carbocycles. The zero-order valence-electron chi connectivity index (χ0n) is 19.7. The van der Waals surface area contributed by atoms with Gasteiger partial charge in [0.25, 0.3) is 11.5 Å². The Morgan fingerprint density at radius 2 is 1.57 bits per heavy atom. The summed E-state index contributed by atoms with van der Waals surface area (Å²) < 4.78 is 28.8. The second kappa shape index (κ2) is 9.91. The van der Waals surface area contributed by atoms with Gasteiger partial charge in [-0.3, -0.25) is 9.59 Å². The molecular formula is C26H30N4O4S. The van der Waals surface area contributed by atoms with Crippen molar-refractivity contribution < 1.29 is 13.2 Å². The Bertz CT molecular complexity index is 1390. The molecule has 0 radical (unpaired) electrons. The molecule has 1 saturated heterocycles. The number of rotatable bonds is 6. The fourth-order valence-corrected chi connectivity index (χ4v) is 6.62. The number of carbonyl (C=O) groups is 1. The molecule has 0 atom stereocenters. The quantitative estimate of drug-likeness (QED) is 0.564. The molecule has 5 rings (SSSR count). The van der Waals surface area contributed by atoms with E-state index in [0.717, 1.165) is 50.3 Å². The van der Waals surface area contributed by atoms with Crippen LogP contribution in [0.3, 0.4) is 0 Å². The van der Waals surface area contributed by atoms with E-state index in [1.807, 2.05) is 18.2 Å². The highest BCUT2D eigenvalue weighted by Gasteiger charge is 2.26. The Morgan fingerprint density at radius 1 is 0.914 bits per heavy atom. The summed E-state index contributed by atoms with van der Waals surface area (Å²) in [6, 6.07) is 13.5. The fourth-order valence-electron chi connectivity index (χ4n) is 5.10. The van der Waals surface area contributed by atoms with Crippen molar-refractivity contribution in [3.05, 3.63) is 70.1 Å². The molecule has 35 heavy (non-hydrogen) atoms. The highest BCUT2D eigenvalue weighted by atomic mass is 32.2. The molecule has 2 fully saturated rings. The maximum Gasteiger partial charge on any atom is 0.274 e. The zero-order valence-corrected chi connectivity index (χ0v) is 20.5. The highest BCUT2D eigenvalue weighted by molar-refractivity contribution is 7.89. The average molecular weight is 495 g/mol. The van der Waals surface area contributed by atoms with Crippen LogP contribution >= 0.6 is 0 Å². The van der Waals surface area contributed by atoms with Crippen molar-refractivity contribution in [2.75, 3.05) is 13.1 Å². The van der Waals surface area contributed by atoms with E-state index >= 15 is 0 Å². The molecule has 1 aliphatic heterocycles. The topological polar surface area (TPSA) is 101 Å². The number of fused-ring (bicyclic) bond motifs is 1. The fraction of sp³-hybridized carbons (Fsp3) is 0.423. The Morgan fingerprint density at radius 3 is 2.26 bits per heavy atom. The summed E-state index contributed by atoms with van der Waals surface area (Å²) in [6.07, 6.45) is 6.83. The summed E-state index contributed by atoms with van der Waals surface area (Å²) in [6.45, 7) is 1.24. The van der Waals surface area contributed by atoms with E-state index in [1.54, 1.807) is 10.7 Å². The molecule has 184 valence electrons. The number of nitrogens with one attached hydrogen (secondary N) is 1. The first-order valence-electron chi connectivity index (χ1n) is 12.3. The Labute approximate surface area is 205 Å². The molecule has 1 saturated carbocycles. The Kier molecular flexibility index (Phi) is 6.71. The molecule has 0 bridgehead atoms. The number of nitrogens with zero attached hydrogens (tertiary/aromatic N) is 3. The van der Waals surface area contributed by atoms with Crippen molar-refractivity contribution in [2.45, 2.75) is 62.4 Å². The lowest BCUT2D eigenvalue weighted by Gasteiger charge is -2.25. The number of carbonyl (C=O) groups excluding carboxylic acids is 1. The lowest BCUT2D eigenvalue weighted by atomic mass is 10.1. The number of hydrogen-bond acceptors (Lipinski definition) is 5. The summed E-state index contributed by atoms with van der Waals surface area (Å²) in [5.74, 6) is -0.323. The minimum atomic E-state index is -3.54. The summed E-state index contributed by atoms with van der Waals surface area (Å²) in [5, 5.41) is 8.87. The Hall–Kier alpha value is -3.04. The van der Waals surface area contributed by atoms with Crippen molar-refractivity contribution >= 4 is 26.7 Å². The van der Waals surface area contributed by atoms with Crippen LogP contribution in [0.2, 0.25) is 0 Å². The first kappa shape index (κ1) is 23.7. The lowest BCUT2D eigenvalue weighted by molar-refractivity contribution is 0.0950. The molecule has 2 aliphatic rings. The second-order valence-corrected chi connectivity index (χ2v) is 11.3. The van der Waals surface area contributed by atoms with Crippen molar-refractivity contribution in [3.8, 4) is 0 Å². The number of sulfonamides is 1. The minimum absolute atomic E-state index is 0.0897. The van der Waals surface area contributed by atoms with Gasteiger partial charge in [0.2, 0.25) is 10.0 Å². The molecular weight excluding hydrogens is 464 g/mol. The largest absolute Gasteiger partial charge is 0.346 e. The second-order valence-electron chi connectivity index (χ2n) is 9.35. The normalized spacial score (nSPS) is 17.6. The molecule has 2 aromatic carbocycles. The van der Waals surface area contributed by atoms with Crippen LogP contribution < -0.4 is 10.9 Å². The van der Waals surface area contributed by atoms with Gasteiger partial charge in [-0.15, -0.1) is 0 Å². The number of piperidine rings is 1. The third kappa shape index (κ3) is 4.75. The summed E-state index contributed by atoms with van der Waals surface area (Å²) >= 11 is 0. The predicted molar refractivity (Wildman–Crippen MR) is 134 cm³/mol. The van der Waals surface area contributed by atoms with Crippen LogP contribution in [0.5, 0.6) is 0 Å². The number of hydrogen-bond donors (Lipinski definition) is 1. The van der Waals surface area contributed by atoms with Crippen LogP contribution in [-0.4, -0.2) is 41.5 Å². The van der Waals surface area contributed by atoms with Crippen LogP contribution in [0.4, 0.5) is 0 Å². The smallest absolute Gasteiger partial charge is 0.274 e. The van der Waals surface area contributed by atoms with Crippen LogP contribution in [0.15, 0.2) is 58.2 Å². The average Bonchev–Trinajstić information content (AvgIpc) is 3.44. The number of aromatic nitrogens is 2. The minimum Gasteiger partial charge on any atom is -0.346 e. The third-order valence-corrected chi connectivity index (χ3v) is 8.97. The van der Waals surface area contributed by atoms with Gasteiger partial charge >= 0.3 is 0 Å². The van der Waals surface area contributed by atoms with Crippen molar-refractivity contribution in [1.82, 2.24) is 19.4 Å². The number of amides is 1. The van der Waals surface area contributed by atoms with Crippen molar-refractivity contribution in [2.24, 2.45) is 0 Å². The van der Waals surface area contributed by atoms with Gasteiger partial charge in [0.15, 0.2) is 0 Å². The molecule has 9 heteroatoms. The summed E-state index contributed by atoms with van der Waals surface area (Å²) in [5.41, 5.74) is 0.925. The first-order chi connectivity index (χ1) is 16.9. The van der Waals surface area contributed by atoms with Gasteiger partial charge in [0.1, 0.15) is 0 Å². The van der Waals surface area contributed by atoms with Crippen molar-refractivity contribution in [1.29, 1.82) is 0 Å². The molecule has 1 amide bonds. The maximum atomic E-state index is 13.0. The van der Waals surface area contributed by atoms with Gasteiger partial charge in [0, 0.05) is 24.0 Å². The molecule has 0 unspecified atom stereocenters. The monoisotopic (exact) mass is 494 g/mol. The van der Waals surface area contributed by atoms with Crippen LogP contribution in [0.25, 0.3) is 10.8 Å². The van der Waals surface area contributed by atoms with E-state index in [0.29, 0.717) is 29.7 Å². The molecule has 1 N–H and O–H groups in total. The van der Waals surface area contributed by atoms with Crippen LogP contribution in [0.1, 0.15) is 67.0 Å². The van der Waals surface area contributed by atoms with E-state index in [4.69, 9.17) is 0 Å². The van der Waals surface area contributed by atoms with E-state index < -0.39 is 10.0 Å². The van der Waals surface area contributed by atoms with E-state index in [1.165, 1.54) is 28.6 Å². The summed E-state index contributed by atoms with van der Waals surface area (Å²) in [4.78, 5) is 26.1. The van der Waals surface area contributed by atoms with Gasteiger partial charge < -0.3 is 5.32 Å². The molecule has 0 spiro atoms. The van der Waals surface area contributed by atoms with Crippen LogP contribution in [-0.2, 0) is 16.6 Å². The van der Waals surface area contributed by atoms with Gasteiger partial charge in [0.05, 0.1) is 28.6 Å². The highest BCUT2D eigenvalue weighted by Crippen LogP contribution is 2.28.